The summed E-state index contributed by atoms with van der Waals surface area (Å²) < 4.78 is 2.00. The van der Waals surface area contributed by atoms with Crippen LogP contribution in [-0.2, 0) is 12.8 Å². The maximum Gasteiger partial charge on any atom is 0.172 e. The molecular weight excluding hydrogens is 306 g/mol. The third-order valence-electron chi connectivity index (χ3n) is 4.64. The largest absolute Gasteiger partial charge is 0.265 e. The van der Waals surface area contributed by atoms with Crippen LogP contribution in [0.3, 0.4) is 0 Å². The predicted octanol–water partition coefficient (Wildman–Crippen LogP) is 3.53. The van der Waals surface area contributed by atoms with Crippen LogP contribution >= 0.6 is 11.3 Å². The standard InChI is InChI=1S/C17H15N5S/c1-10-2-3-12-13(8-10)23-17-14(12)16-21-20-15(22(16)9-19-17)11-4-6-18-7-5-11/h4-7,9-10H,2-3,8H2,1H3. The van der Waals surface area contributed by atoms with Gasteiger partial charge in [0.15, 0.2) is 11.5 Å². The van der Waals surface area contributed by atoms with Crippen LogP contribution in [0.4, 0.5) is 0 Å². The number of nitrogens with zero attached hydrogens (tertiary/aromatic N) is 5. The van der Waals surface area contributed by atoms with E-state index in [0.717, 1.165) is 40.6 Å². The number of fused-ring (bicyclic) bond motifs is 5. The molecule has 1 aliphatic rings. The minimum atomic E-state index is 0.761. The molecule has 0 aromatic carbocycles. The molecule has 0 bridgehead atoms. The van der Waals surface area contributed by atoms with E-state index in [1.54, 1.807) is 12.4 Å². The summed E-state index contributed by atoms with van der Waals surface area (Å²) in [7, 11) is 0. The fourth-order valence-electron chi connectivity index (χ4n) is 3.44. The van der Waals surface area contributed by atoms with Gasteiger partial charge >= 0.3 is 0 Å². The lowest BCUT2D eigenvalue weighted by atomic mass is 9.89. The summed E-state index contributed by atoms with van der Waals surface area (Å²) >= 11 is 1.82. The van der Waals surface area contributed by atoms with E-state index < -0.39 is 0 Å². The number of pyridine rings is 1. The zero-order valence-corrected chi connectivity index (χ0v) is 13.5. The van der Waals surface area contributed by atoms with Crippen molar-refractivity contribution in [3.05, 3.63) is 41.3 Å². The van der Waals surface area contributed by atoms with Crippen LogP contribution in [0.25, 0.3) is 27.3 Å². The predicted molar refractivity (Wildman–Crippen MR) is 90.6 cm³/mol. The van der Waals surface area contributed by atoms with Gasteiger partial charge < -0.3 is 0 Å². The maximum atomic E-state index is 4.68. The fraction of sp³-hybridized carbons (Fsp3) is 0.294. The van der Waals surface area contributed by atoms with Gasteiger partial charge in [-0.1, -0.05) is 6.92 Å². The summed E-state index contributed by atoms with van der Waals surface area (Å²) in [6.45, 7) is 2.33. The lowest BCUT2D eigenvalue weighted by Crippen LogP contribution is -2.08. The van der Waals surface area contributed by atoms with E-state index in [1.165, 1.54) is 22.2 Å². The molecule has 5 rings (SSSR count). The van der Waals surface area contributed by atoms with Gasteiger partial charge in [0.2, 0.25) is 0 Å². The highest BCUT2D eigenvalue weighted by Gasteiger charge is 2.23. The van der Waals surface area contributed by atoms with Gasteiger partial charge in [0.25, 0.3) is 0 Å². The van der Waals surface area contributed by atoms with Gasteiger partial charge in [0, 0.05) is 22.8 Å². The molecule has 114 valence electrons. The number of aryl methyl sites for hydroxylation is 1. The summed E-state index contributed by atoms with van der Waals surface area (Å²) in [5.74, 6) is 1.58. The van der Waals surface area contributed by atoms with E-state index in [2.05, 4.69) is 27.1 Å². The first kappa shape index (κ1) is 13.1. The smallest absolute Gasteiger partial charge is 0.172 e. The molecule has 6 heteroatoms. The second kappa shape index (κ2) is 4.83. The van der Waals surface area contributed by atoms with Crippen molar-refractivity contribution < 1.29 is 0 Å². The Morgan fingerprint density at radius 1 is 1.22 bits per heavy atom. The lowest BCUT2D eigenvalue weighted by molar-refractivity contribution is 0.509. The Labute approximate surface area is 137 Å². The maximum absolute atomic E-state index is 4.68. The normalized spacial score (nSPS) is 17.7. The highest BCUT2D eigenvalue weighted by atomic mass is 32.1. The molecule has 0 N–H and O–H groups in total. The van der Waals surface area contributed by atoms with E-state index >= 15 is 0 Å². The molecule has 4 aromatic rings. The lowest BCUT2D eigenvalue weighted by Gasteiger charge is -2.17. The minimum absolute atomic E-state index is 0.761. The van der Waals surface area contributed by atoms with Crippen molar-refractivity contribution in [3.8, 4) is 11.4 Å². The van der Waals surface area contributed by atoms with E-state index in [9.17, 15) is 0 Å². The van der Waals surface area contributed by atoms with Crippen LogP contribution in [0, 0.1) is 5.92 Å². The SMILES string of the molecule is CC1CCc2c(sc3ncn4c(-c5ccncc5)nnc4c23)C1. The molecule has 0 amide bonds. The Morgan fingerprint density at radius 3 is 2.96 bits per heavy atom. The summed E-state index contributed by atoms with van der Waals surface area (Å²) in [4.78, 5) is 11.3. The second-order valence-electron chi connectivity index (χ2n) is 6.23. The summed E-state index contributed by atoms with van der Waals surface area (Å²) in [6.07, 6.45) is 8.92. The van der Waals surface area contributed by atoms with Gasteiger partial charge in [0.05, 0.1) is 5.39 Å². The van der Waals surface area contributed by atoms with Crippen molar-refractivity contribution in [2.45, 2.75) is 26.2 Å². The average Bonchev–Trinajstić information content (AvgIpc) is 3.15. The van der Waals surface area contributed by atoms with Gasteiger partial charge in [-0.25, -0.2) is 4.98 Å². The monoisotopic (exact) mass is 321 g/mol. The summed E-state index contributed by atoms with van der Waals surface area (Å²) in [6, 6.07) is 3.90. The first-order valence-corrected chi connectivity index (χ1v) is 8.67. The third kappa shape index (κ3) is 1.91. The quantitative estimate of drug-likeness (QED) is 0.538. The molecule has 1 unspecified atom stereocenters. The van der Waals surface area contributed by atoms with Crippen LogP contribution in [0.15, 0.2) is 30.9 Å². The summed E-state index contributed by atoms with van der Waals surface area (Å²) in [5.41, 5.74) is 3.37. The Bertz CT molecular complexity index is 1020. The van der Waals surface area contributed by atoms with Crippen molar-refractivity contribution in [1.82, 2.24) is 24.6 Å². The van der Waals surface area contributed by atoms with E-state index in [-0.39, 0.29) is 0 Å². The molecule has 1 aliphatic carbocycles. The molecule has 0 spiro atoms. The topological polar surface area (TPSA) is 56.0 Å². The molecule has 0 fully saturated rings. The first-order valence-electron chi connectivity index (χ1n) is 7.85. The van der Waals surface area contributed by atoms with Gasteiger partial charge in [-0.05, 0) is 42.9 Å². The Kier molecular flexibility index (Phi) is 2.76. The zero-order valence-electron chi connectivity index (χ0n) is 12.7. The van der Waals surface area contributed by atoms with Crippen LogP contribution in [-0.4, -0.2) is 24.6 Å². The van der Waals surface area contributed by atoms with Crippen molar-refractivity contribution in [1.29, 1.82) is 0 Å². The van der Waals surface area contributed by atoms with Crippen LogP contribution < -0.4 is 0 Å². The molecule has 0 saturated carbocycles. The molecular formula is C17H15N5S. The Morgan fingerprint density at radius 2 is 2.09 bits per heavy atom. The molecule has 23 heavy (non-hydrogen) atoms. The van der Waals surface area contributed by atoms with Gasteiger partial charge in [0.1, 0.15) is 11.2 Å². The molecule has 0 radical (unpaired) electrons. The second-order valence-corrected chi connectivity index (χ2v) is 7.31. The summed E-state index contributed by atoms with van der Waals surface area (Å²) in [5, 5.41) is 10.1. The van der Waals surface area contributed by atoms with E-state index in [0.29, 0.717) is 0 Å². The van der Waals surface area contributed by atoms with E-state index in [4.69, 9.17) is 0 Å². The number of hydrogen-bond donors (Lipinski definition) is 0. The molecule has 1 atom stereocenters. The molecule has 5 nitrogen and oxygen atoms in total. The zero-order chi connectivity index (χ0) is 15.4. The van der Waals surface area contributed by atoms with Gasteiger partial charge in [-0.3, -0.25) is 9.38 Å². The fourth-order valence-corrected chi connectivity index (χ4v) is 4.78. The van der Waals surface area contributed by atoms with Crippen molar-refractivity contribution in [2.75, 3.05) is 0 Å². The van der Waals surface area contributed by atoms with Crippen LogP contribution in [0.2, 0.25) is 0 Å². The van der Waals surface area contributed by atoms with Crippen molar-refractivity contribution >= 4 is 27.2 Å². The van der Waals surface area contributed by atoms with Crippen molar-refractivity contribution in [2.24, 2.45) is 5.92 Å². The van der Waals surface area contributed by atoms with Crippen molar-refractivity contribution in [3.63, 3.8) is 0 Å². The molecule has 4 heterocycles. The minimum Gasteiger partial charge on any atom is -0.265 e. The Balaban J connectivity index is 1.80. The molecule has 4 aromatic heterocycles. The van der Waals surface area contributed by atoms with Gasteiger partial charge in [-0.15, -0.1) is 21.5 Å². The van der Waals surface area contributed by atoms with Crippen LogP contribution in [0.5, 0.6) is 0 Å². The number of rotatable bonds is 1. The highest BCUT2D eigenvalue weighted by molar-refractivity contribution is 7.19. The van der Waals surface area contributed by atoms with E-state index in [1.807, 2.05) is 34.2 Å². The van der Waals surface area contributed by atoms with Crippen LogP contribution in [0.1, 0.15) is 23.8 Å². The highest BCUT2D eigenvalue weighted by Crippen LogP contribution is 2.39. The number of aromatic nitrogens is 5. The molecule has 0 saturated heterocycles. The molecule has 0 aliphatic heterocycles. The number of hydrogen-bond acceptors (Lipinski definition) is 5. The number of thiophene rings is 1. The first-order chi connectivity index (χ1) is 11.3. The third-order valence-corrected chi connectivity index (χ3v) is 5.80. The van der Waals surface area contributed by atoms with Gasteiger partial charge in [-0.2, -0.15) is 0 Å². The average molecular weight is 321 g/mol. The Hall–Kier alpha value is -2.34.